The molecule has 1 heterocycles. The molecule has 20 heavy (non-hydrogen) atoms. The van der Waals surface area contributed by atoms with Crippen LogP contribution in [-0.2, 0) is 5.41 Å². The normalized spacial score (nSPS) is 30.1. The average Bonchev–Trinajstić information content (AvgIpc) is 2.81. The van der Waals surface area contributed by atoms with Gasteiger partial charge < -0.3 is 0 Å². The van der Waals surface area contributed by atoms with Gasteiger partial charge in [0, 0.05) is 15.6 Å². The lowest BCUT2D eigenvalue weighted by Crippen LogP contribution is -2.28. The summed E-state index contributed by atoms with van der Waals surface area (Å²) in [5.41, 5.74) is 4.61. The van der Waals surface area contributed by atoms with E-state index in [9.17, 15) is 0 Å². The Morgan fingerprint density at radius 1 is 1.20 bits per heavy atom. The Labute approximate surface area is 125 Å². The molecule has 1 aromatic carbocycles. The SMILES string of the molecule is CC12C=CC=CC1Sc1c(C3=CC=CCC3)cccc12. The summed E-state index contributed by atoms with van der Waals surface area (Å²) in [4.78, 5) is 1.50. The molecule has 2 atom stereocenters. The second-order valence-electron chi connectivity index (χ2n) is 5.91. The fourth-order valence-corrected chi connectivity index (χ4v) is 5.03. The molecule has 1 aromatic rings. The summed E-state index contributed by atoms with van der Waals surface area (Å²) >= 11 is 2.04. The van der Waals surface area contributed by atoms with Gasteiger partial charge in [0.25, 0.3) is 0 Å². The van der Waals surface area contributed by atoms with Crippen molar-refractivity contribution in [1.29, 1.82) is 0 Å². The van der Waals surface area contributed by atoms with Crippen molar-refractivity contribution >= 4 is 17.3 Å². The Hall–Kier alpha value is -1.47. The first-order chi connectivity index (χ1) is 9.79. The molecule has 0 spiro atoms. The number of hydrogen-bond donors (Lipinski definition) is 0. The van der Waals surface area contributed by atoms with Crippen molar-refractivity contribution in [3.63, 3.8) is 0 Å². The summed E-state index contributed by atoms with van der Waals surface area (Å²) in [5.74, 6) is 0. The number of fused-ring (bicyclic) bond motifs is 3. The van der Waals surface area contributed by atoms with E-state index >= 15 is 0 Å². The minimum atomic E-state index is 0.163. The summed E-state index contributed by atoms with van der Waals surface area (Å²) in [7, 11) is 0. The van der Waals surface area contributed by atoms with Crippen LogP contribution >= 0.6 is 11.8 Å². The third-order valence-electron chi connectivity index (χ3n) is 4.63. The van der Waals surface area contributed by atoms with Crippen molar-refractivity contribution in [3.8, 4) is 0 Å². The highest BCUT2D eigenvalue weighted by Crippen LogP contribution is 2.54. The molecule has 1 aliphatic heterocycles. The van der Waals surface area contributed by atoms with Crippen molar-refractivity contribution in [2.75, 3.05) is 0 Å². The molecule has 3 aliphatic rings. The molecule has 0 bridgehead atoms. The van der Waals surface area contributed by atoms with Gasteiger partial charge in [0.1, 0.15) is 0 Å². The summed E-state index contributed by atoms with van der Waals surface area (Å²) in [6.45, 7) is 2.37. The fourth-order valence-electron chi connectivity index (χ4n) is 3.42. The van der Waals surface area contributed by atoms with Gasteiger partial charge in [0.05, 0.1) is 0 Å². The first-order valence-corrected chi connectivity index (χ1v) is 8.19. The Balaban J connectivity index is 1.87. The van der Waals surface area contributed by atoms with Gasteiger partial charge >= 0.3 is 0 Å². The largest absolute Gasteiger partial charge is 0.116 e. The van der Waals surface area contributed by atoms with Crippen LogP contribution in [0.2, 0.25) is 0 Å². The number of allylic oxidation sites excluding steroid dienone is 7. The Morgan fingerprint density at radius 2 is 2.15 bits per heavy atom. The smallest absolute Gasteiger partial charge is 0.0407 e. The minimum absolute atomic E-state index is 0.163. The maximum atomic E-state index is 2.37. The molecular formula is C19H18S. The molecule has 100 valence electrons. The molecule has 0 radical (unpaired) electrons. The molecular weight excluding hydrogens is 260 g/mol. The van der Waals surface area contributed by atoms with Crippen molar-refractivity contribution in [2.45, 2.75) is 35.3 Å². The van der Waals surface area contributed by atoms with E-state index in [2.05, 4.69) is 67.7 Å². The Bertz CT molecular complexity index is 675. The van der Waals surface area contributed by atoms with Crippen LogP contribution in [-0.4, -0.2) is 5.25 Å². The summed E-state index contributed by atoms with van der Waals surface area (Å²) < 4.78 is 0. The van der Waals surface area contributed by atoms with Gasteiger partial charge in [-0.25, -0.2) is 0 Å². The highest BCUT2D eigenvalue weighted by Gasteiger charge is 2.42. The van der Waals surface area contributed by atoms with Gasteiger partial charge in [-0.2, -0.15) is 0 Å². The number of rotatable bonds is 1. The van der Waals surface area contributed by atoms with Crippen LogP contribution in [0.15, 0.2) is 65.6 Å². The second-order valence-corrected chi connectivity index (χ2v) is 7.06. The topological polar surface area (TPSA) is 0 Å². The maximum Gasteiger partial charge on any atom is 0.0407 e. The predicted octanol–water partition coefficient (Wildman–Crippen LogP) is 5.28. The quantitative estimate of drug-likeness (QED) is 0.673. The van der Waals surface area contributed by atoms with E-state index in [0.717, 1.165) is 0 Å². The van der Waals surface area contributed by atoms with E-state index in [1.807, 2.05) is 11.8 Å². The van der Waals surface area contributed by atoms with Gasteiger partial charge in [-0.05, 0) is 29.5 Å². The van der Waals surface area contributed by atoms with Crippen LogP contribution in [0.1, 0.15) is 30.9 Å². The van der Waals surface area contributed by atoms with E-state index in [-0.39, 0.29) is 5.41 Å². The number of benzene rings is 1. The van der Waals surface area contributed by atoms with Gasteiger partial charge in [-0.3, -0.25) is 0 Å². The van der Waals surface area contributed by atoms with Crippen LogP contribution < -0.4 is 0 Å². The minimum Gasteiger partial charge on any atom is -0.116 e. The number of hydrogen-bond acceptors (Lipinski definition) is 1. The van der Waals surface area contributed by atoms with Crippen molar-refractivity contribution in [1.82, 2.24) is 0 Å². The van der Waals surface area contributed by atoms with Gasteiger partial charge in [0.2, 0.25) is 0 Å². The molecule has 2 unspecified atom stereocenters. The lowest BCUT2D eigenvalue weighted by molar-refractivity contribution is 0.619. The lowest BCUT2D eigenvalue weighted by atomic mass is 9.76. The summed E-state index contributed by atoms with van der Waals surface area (Å²) in [6.07, 6.45) is 18.2. The summed E-state index contributed by atoms with van der Waals surface area (Å²) in [5, 5.41) is 0.545. The van der Waals surface area contributed by atoms with Crippen molar-refractivity contribution in [2.24, 2.45) is 0 Å². The molecule has 0 nitrogen and oxygen atoms in total. The zero-order chi connectivity index (χ0) is 13.6. The fraction of sp³-hybridized carbons (Fsp3) is 0.263. The second kappa shape index (κ2) is 4.53. The standard InChI is InChI=1S/C19H18S/c1-19-13-6-5-12-17(19)20-18-15(10-7-11-16(18)19)14-8-3-2-4-9-14/h2-3,5-8,10-13,17H,4,9H2,1H3. The Kier molecular flexibility index (Phi) is 2.78. The van der Waals surface area contributed by atoms with Crippen LogP contribution in [0, 0.1) is 0 Å². The highest BCUT2D eigenvalue weighted by atomic mass is 32.2. The van der Waals surface area contributed by atoms with Gasteiger partial charge in [-0.1, -0.05) is 67.7 Å². The van der Waals surface area contributed by atoms with Crippen molar-refractivity contribution < 1.29 is 0 Å². The van der Waals surface area contributed by atoms with E-state index < -0.39 is 0 Å². The first kappa shape index (κ1) is 12.3. The van der Waals surface area contributed by atoms with Crippen LogP contribution in [0.4, 0.5) is 0 Å². The molecule has 0 saturated heterocycles. The monoisotopic (exact) mass is 278 g/mol. The average molecular weight is 278 g/mol. The van der Waals surface area contributed by atoms with E-state index in [4.69, 9.17) is 0 Å². The van der Waals surface area contributed by atoms with Gasteiger partial charge in [0.15, 0.2) is 0 Å². The zero-order valence-corrected chi connectivity index (χ0v) is 12.5. The lowest BCUT2D eigenvalue weighted by Gasteiger charge is -2.28. The molecule has 4 rings (SSSR count). The van der Waals surface area contributed by atoms with Gasteiger partial charge in [-0.15, -0.1) is 11.8 Å². The summed E-state index contributed by atoms with van der Waals surface area (Å²) in [6, 6.07) is 6.84. The molecule has 0 amide bonds. The molecule has 1 heteroatoms. The molecule has 0 saturated carbocycles. The third-order valence-corrected chi connectivity index (χ3v) is 6.21. The van der Waals surface area contributed by atoms with E-state index in [0.29, 0.717) is 5.25 Å². The molecule has 0 N–H and O–H groups in total. The van der Waals surface area contributed by atoms with Crippen molar-refractivity contribution in [3.05, 3.63) is 71.9 Å². The third kappa shape index (κ3) is 1.69. The Morgan fingerprint density at radius 3 is 3.00 bits per heavy atom. The maximum absolute atomic E-state index is 2.37. The number of thioether (sulfide) groups is 1. The molecule has 0 aromatic heterocycles. The van der Waals surface area contributed by atoms with Crippen LogP contribution in [0.5, 0.6) is 0 Å². The van der Waals surface area contributed by atoms with E-state index in [1.54, 1.807) is 0 Å². The molecule has 2 aliphatic carbocycles. The predicted molar refractivity (Wildman–Crippen MR) is 88.1 cm³/mol. The first-order valence-electron chi connectivity index (χ1n) is 7.31. The highest BCUT2D eigenvalue weighted by molar-refractivity contribution is 8.00. The van der Waals surface area contributed by atoms with Crippen LogP contribution in [0.3, 0.4) is 0 Å². The molecule has 0 fully saturated rings. The zero-order valence-electron chi connectivity index (χ0n) is 11.7. The van der Waals surface area contributed by atoms with E-state index in [1.165, 1.54) is 34.4 Å². The van der Waals surface area contributed by atoms with Crippen LogP contribution in [0.25, 0.3) is 5.57 Å².